The normalized spacial score (nSPS) is 10.9. The summed E-state index contributed by atoms with van der Waals surface area (Å²) in [4.78, 5) is 9.10. The molecule has 0 aromatic carbocycles. The lowest BCUT2D eigenvalue weighted by molar-refractivity contribution is 0.391. The van der Waals surface area contributed by atoms with Gasteiger partial charge in [0.05, 0.1) is 6.54 Å². The van der Waals surface area contributed by atoms with Crippen molar-refractivity contribution in [3.8, 4) is 0 Å². The Morgan fingerprint density at radius 2 is 1.90 bits per heavy atom. The number of nitrogens with zero attached hydrogens (tertiary/aromatic N) is 3. The van der Waals surface area contributed by atoms with Crippen LogP contribution >= 0.6 is 0 Å². The highest BCUT2D eigenvalue weighted by Crippen LogP contribution is 2.23. The second kappa shape index (κ2) is 5.90. The summed E-state index contributed by atoms with van der Waals surface area (Å²) in [6.07, 6.45) is 0. The van der Waals surface area contributed by atoms with Gasteiger partial charge in [-0.25, -0.2) is 9.97 Å². The molecule has 0 aliphatic heterocycles. The third-order valence-corrected chi connectivity index (χ3v) is 3.03. The molecule has 0 aliphatic carbocycles. The van der Waals surface area contributed by atoms with Crippen LogP contribution < -0.4 is 10.6 Å². The van der Waals surface area contributed by atoms with Crippen LogP contribution in [-0.2, 0) is 6.54 Å². The summed E-state index contributed by atoms with van der Waals surface area (Å²) in [7, 11) is 1.87. The van der Waals surface area contributed by atoms with Gasteiger partial charge in [-0.15, -0.1) is 0 Å². The first-order valence-electron chi connectivity index (χ1n) is 6.73. The van der Waals surface area contributed by atoms with Gasteiger partial charge in [-0.2, -0.15) is 0 Å². The molecule has 2 N–H and O–H groups in total. The summed E-state index contributed by atoms with van der Waals surface area (Å²) in [5.41, 5.74) is 1.86. The lowest BCUT2D eigenvalue weighted by atomic mass is 10.2. The molecule has 2 heterocycles. The van der Waals surface area contributed by atoms with Crippen molar-refractivity contribution in [2.24, 2.45) is 0 Å². The third-order valence-electron chi connectivity index (χ3n) is 3.03. The molecule has 2 aromatic rings. The van der Waals surface area contributed by atoms with Crippen LogP contribution in [0.25, 0.3) is 0 Å². The molecular weight excluding hydrogens is 254 g/mol. The van der Waals surface area contributed by atoms with E-state index >= 15 is 0 Å². The van der Waals surface area contributed by atoms with E-state index in [4.69, 9.17) is 4.52 Å². The van der Waals surface area contributed by atoms with Crippen LogP contribution in [-0.4, -0.2) is 22.2 Å². The van der Waals surface area contributed by atoms with E-state index in [2.05, 4.69) is 39.6 Å². The predicted molar refractivity (Wildman–Crippen MR) is 79.0 cm³/mol. The van der Waals surface area contributed by atoms with Crippen molar-refractivity contribution in [1.29, 1.82) is 0 Å². The van der Waals surface area contributed by atoms with Crippen molar-refractivity contribution >= 4 is 11.6 Å². The highest BCUT2D eigenvalue weighted by atomic mass is 16.5. The minimum absolute atomic E-state index is 0.276. The first kappa shape index (κ1) is 14.3. The highest BCUT2D eigenvalue weighted by Gasteiger charge is 2.12. The van der Waals surface area contributed by atoms with Gasteiger partial charge in [0.2, 0.25) is 0 Å². The Morgan fingerprint density at radius 3 is 2.45 bits per heavy atom. The quantitative estimate of drug-likeness (QED) is 0.874. The lowest BCUT2D eigenvalue weighted by Crippen LogP contribution is -2.10. The van der Waals surface area contributed by atoms with Gasteiger partial charge in [0.15, 0.2) is 0 Å². The Bertz CT molecular complexity index is 591. The van der Waals surface area contributed by atoms with E-state index in [1.807, 2.05) is 27.0 Å². The fraction of sp³-hybridized carbons (Fsp3) is 0.500. The van der Waals surface area contributed by atoms with E-state index in [0.717, 1.165) is 34.5 Å². The van der Waals surface area contributed by atoms with Gasteiger partial charge in [-0.3, -0.25) is 0 Å². The molecule has 2 rings (SSSR count). The molecule has 0 saturated heterocycles. The van der Waals surface area contributed by atoms with Crippen LogP contribution in [0.15, 0.2) is 10.6 Å². The second-order valence-electron chi connectivity index (χ2n) is 5.09. The average Bonchev–Trinajstić information content (AvgIpc) is 2.83. The van der Waals surface area contributed by atoms with Gasteiger partial charge in [-0.1, -0.05) is 19.0 Å². The molecule has 0 radical (unpaired) electrons. The molecule has 0 atom stereocenters. The first-order valence-corrected chi connectivity index (χ1v) is 6.73. The Hall–Kier alpha value is -2.11. The molecule has 0 bridgehead atoms. The molecule has 6 heteroatoms. The topological polar surface area (TPSA) is 75.9 Å². The average molecular weight is 275 g/mol. The molecule has 0 fully saturated rings. The third kappa shape index (κ3) is 3.07. The van der Waals surface area contributed by atoms with Crippen molar-refractivity contribution in [3.05, 3.63) is 28.9 Å². The molecule has 20 heavy (non-hydrogen) atoms. The fourth-order valence-electron chi connectivity index (χ4n) is 1.88. The van der Waals surface area contributed by atoms with Gasteiger partial charge >= 0.3 is 0 Å². The summed E-state index contributed by atoms with van der Waals surface area (Å²) >= 11 is 0. The summed E-state index contributed by atoms with van der Waals surface area (Å²) in [5, 5.41) is 10.4. The standard InChI is InChI=1S/C14H21N5O/c1-8(2)12-17-13(15-5)10(4)14(18-12)16-7-11-6-9(3)20-19-11/h6,8H,7H2,1-5H3,(H2,15,16,17,18). The van der Waals surface area contributed by atoms with Crippen molar-refractivity contribution in [1.82, 2.24) is 15.1 Å². The van der Waals surface area contributed by atoms with Gasteiger partial charge in [0.25, 0.3) is 0 Å². The minimum Gasteiger partial charge on any atom is -0.373 e. The van der Waals surface area contributed by atoms with Gasteiger partial charge in [0.1, 0.15) is 28.9 Å². The zero-order valence-electron chi connectivity index (χ0n) is 12.6. The SMILES string of the molecule is CNc1nc(C(C)C)nc(NCc2cc(C)on2)c1C. The number of anilines is 2. The Kier molecular flexibility index (Phi) is 4.22. The summed E-state index contributed by atoms with van der Waals surface area (Å²) in [6.45, 7) is 8.61. The van der Waals surface area contributed by atoms with Gasteiger partial charge < -0.3 is 15.2 Å². The molecule has 0 unspecified atom stereocenters. The molecule has 0 amide bonds. The van der Waals surface area contributed by atoms with Crippen LogP contribution in [0.1, 0.15) is 42.6 Å². The molecule has 108 valence electrons. The van der Waals surface area contributed by atoms with Crippen molar-refractivity contribution in [3.63, 3.8) is 0 Å². The zero-order chi connectivity index (χ0) is 14.7. The molecule has 0 aliphatic rings. The van der Waals surface area contributed by atoms with Crippen LogP contribution in [0.2, 0.25) is 0 Å². The van der Waals surface area contributed by atoms with Gasteiger partial charge in [-0.05, 0) is 13.8 Å². The van der Waals surface area contributed by atoms with Crippen LogP contribution in [0.3, 0.4) is 0 Å². The molecule has 2 aromatic heterocycles. The number of nitrogens with one attached hydrogen (secondary N) is 2. The number of hydrogen-bond donors (Lipinski definition) is 2. The van der Waals surface area contributed by atoms with Crippen LogP contribution in [0.4, 0.5) is 11.6 Å². The second-order valence-corrected chi connectivity index (χ2v) is 5.09. The van der Waals surface area contributed by atoms with Gasteiger partial charge in [0, 0.05) is 24.6 Å². The molecule has 6 nitrogen and oxygen atoms in total. The van der Waals surface area contributed by atoms with Crippen LogP contribution in [0.5, 0.6) is 0 Å². The van der Waals surface area contributed by atoms with E-state index in [1.54, 1.807) is 0 Å². The summed E-state index contributed by atoms with van der Waals surface area (Å²) in [6, 6.07) is 1.91. The molecule has 0 spiro atoms. The monoisotopic (exact) mass is 275 g/mol. The van der Waals surface area contributed by atoms with Crippen molar-refractivity contribution in [2.75, 3.05) is 17.7 Å². The number of aryl methyl sites for hydroxylation is 1. The first-order chi connectivity index (χ1) is 9.51. The maximum atomic E-state index is 5.05. The van der Waals surface area contributed by atoms with E-state index < -0.39 is 0 Å². The van der Waals surface area contributed by atoms with Crippen molar-refractivity contribution in [2.45, 2.75) is 40.2 Å². The fourth-order valence-corrected chi connectivity index (χ4v) is 1.88. The zero-order valence-corrected chi connectivity index (χ0v) is 12.6. The number of hydrogen-bond acceptors (Lipinski definition) is 6. The number of rotatable bonds is 5. The Morgan fingerprint density at radius 1 is 1.20 bits per heavy atom. The summed E-state index contributed by atoms with van der Waals surface area (Å²) in [5.74, 6) is 3.58. The van der Waals surface area contributed by atoms with E-state index in [9.17, 15) is 0 Å². The number of aromatic nitrogens is 3. The van der Waals surface area contributed by atoms with Crippen LogP contribution in [0, 0.1) is 13.8 Å². The maximum Gasteiger partial charge on any atom is 0.135 e. The predicted octanol–water partition coefficient (Wildman–Crippen LogP) is 2.86. The highest BCUT2D eigenvalue weighted by molar-refractivity contribution is 5.57. The maximum absolute atomic E-state index is 5.05. The van der Waals surface area contributed by atoms with E-state index in [0.29, 0.717) is 6.54 Å². The lowest BCUT2D eigenvalue weighted by Gasteiger charge is -2.14. The molecular formula is C14H21N5O. The minimum atomic E-state index is 0.276. The van der Waals surface area contributed by atoms with Crippen molar-refractivity contribution < 1.29 is 4.52 Å². The molecule has 0 saturated carbocycles. The Labute approximate surface area is 119 Å². The smallest absolute Gasteiger partial charge is 0.135 e. The van der Waals surface area contributed by atoms with E-state index in [1.165, 1.54) is 0 Å². The largest absolute Gasteiger partial charge is 0.373 e. The van der Waals surface area contributed by atoms with E-state index in [-0.39, 0.29) is 5.92 Å². The Balaban J connectivity index is 2.23. The summed E-state index contributed by atoms with van der Waals surface area (Å²) < 4.78 is 5.05.